The van der Waals surface area contributed by atoms with Crippen molar-refractivity contribution in [1.82, 2.24) is 0 Å². The zero-order valence-corrected chi connectivity index (χ0v) is 79.7. The fourth-order valence-electron chi connectivity index (χ4n) is 25.4. The fourth-order valence-corrected chi connectivity index (χ4v) is 25.4. The quantitative estimate of drug-likeness (QED) is 0.0533. The number of rotatable bonds is 67. The van der Waals surface area contributed by atoms with Crippen molar-refractivity contribution < 1.29 is 0 Å². The van der Waals surface area contributed by atoms with Crippen LogP contribution in [0.15, 0.2) is 0 Å². The third kappa shape index (κ3) is 39.2. The lowest BCUT2D eigenvalue weighted by Crippen LogP contribution is -3.03. The van der Waals surface area contributed by atoms with Crippen LogP contribution in [0.5, 0.6) is 0 Å². The molecule has 0 aromatic carbocycles. The van der Waals surface area contributed by atoms with E-state index in [0.717, 1.165) is 0 Å². The summed E-state index contributed by atoms with van der Waals surface area (Å²) in [6.07, 6.45) is -155. The minimum absolute atomic E-state index is 2.09. The van der Waals surface area contributed by atoms with Gasteiger partial charge in [0.1, 0.15) is 0 Å². The van der Waals surface area contributed by atoms with Gasteiger partial charge in [-0.3, -0.25) is 0 Å². The van der Waals surface area contributed by atoms with Gasteiger partial charge in [-0.05, 0) is 0 Å². The highest BCUT2D eigenvalue weighted by Gasteiger charge is 2.72. The monoisotopic (exact) mass is 1520 g/mol. The molecule has 0 nitrogen and oxygen atoms in total. The Bertz CT molecular complexity index is 2410. The van der Waals surface area contributed by atoms with E-state index in [2.05, 4.69) is 0 Å². The van der Waals surface area contributed by atoms with Gasteiger partial charge in [0.05, 0.1) is 0 Å². The van der Waals surface area contributed by atoms with Gasteiger partial charge >= 0.3 is 0 Å². The molecule has 414 valence electrons. The van der Waals surface area contributed by atoms with Crippen LogP contribution < -0.4 is 0 Å². The molecular formula is B138. The Morgan fingerprint density at radius 1 is 0.0362 bits per heavy atom. The zero-order valence-electron chi connectivity index (χ0n) is 79.7. The highest BCUT2D eigenvalue weighted by molar-refractivity contribution is 8.48. The molecule has 0 atom stereocenters. The van der Waals surface area contributed by atoms with E-state index in [1.54, 1.807) is 0 Å². The van der Waals surface area contributed by atoms with Crippen molar-refractivity contribution >= 4 is 976 Å². The van der Waals surface area contributed by atoms with E-state index in [4.69, 9.17) is 542 Å². The molecule has 0 heterocycles. The average molecular weight is 1490 g/mol. The van der Waals surface area contributed by atoms with Crippen LogP contribution >= 0.6 is 0 Å². The summed E-state index contributed by atoms with van der Waals surface area (Å²) in [5, 5.41) is 0. The molecule has 0 amide bonds. The van der Waals surface area contributed by atoms with Gasteiger partial charge in [0.25, 0.3) is 0 Å². The first-order chi connectivity index (χ1) is 62.7. The van der Waals surface area contributed by atoms with E-state index in [9.17, 15) is 0 Å². The summed E-state index contributed by atoms with van der Waals surface area (Å²) in [5.74, 6) is 0. The molecule has 0 aliphatic heterocycles. The molecule has 0 saturated heterocycles. The maximum atomic E-state index is 7.83. The molecular weight excluding hydrogens is 1490 g/mol. The van der Waals surface area contributed by atoms with Gasteiger partial charge in [0.2, 0.25) is 0 Å². The maximum Gasteiger partial charge on any atom is 0 e. The lowest BCUT2D eigenvalue weighted by Gasteiger charge is -2.65. The summed E-state index contributed by atoms with van der Waals surface area (Å²) < 4.78 is 0. The van der Waals surface area contributed by atoms with Crippen molar-refractivity contribution in [2.45, 2.75) is 0 Å². The Morgan fingerprint density at radius 3 is 0.109 bits per heavy atom. The van der Waals surface area contributed by atoms with Crippen molar-refractivity contribution in [2.75, 3.05) is 0 Å². The fraction of sp³-hybridized carbons (Fsp3) is 0. The summed E-state index contributed by atoms with van der Waals surface area (Å²) in [6, 6.07) is 0. The molecule has 0 aromatic rings. The van der Waals surface area contributed by atoms with Gasteiger partial charge in [-0.15, -0.1) is 0 Å². The van der Waals surface area contributed by atoms with Crippen molar-refractivity contribution in [2.24, 2.45) is 0 Å². The molecule has 0 bridgehead atoms. The van der Waals surface area contributed by atoms with Crippen LogP contribution in [-0.2, 0) is 0 Å². The Balaban J connectivity index is 18.1. The standard InChI is InChI=1S/B138/c1-71(2)106(72(3)4)123(105(69)70)132(124(107(73(5)6)74(7)8)108(75(9)10)76(11)12)136(131(121(101(61)62)102(63)64)122(103(65)66)104(67)68)138(135(129(117(93(45)46)94(47)48)118(95(49)50)96(51)52)130(119(97(53)54)98(55)56)120(99(57)58)100(59)60)137(133(125(109(77(13)14)78(15)16)110(79(17)18)80(19)20)126(111(81(21)22)82(23)24)112(83(25)26)84(27)28)134(127(113(85(29)30)86(31)32)114(87(33)34)88(35)36)128(115(89(37)38)90(39)40)116(91(41)42)92(43)44. The van der Waals surface area contributed by atoms with Gasteiger partial charge in [-0.2, -0.15) is 0 Å². The van der Waals surface area contributed by atoms with Crippen molar-refractivity contribution in [3.05, 3.63) is 0 Å². The molecule has 0 saturated carbocycles. The number of hydrogen-bond acceptors (Lipinski definition) is 0. The van der Waals surface area contributed by atoms with Crippen LogP contribution in [0.4, 0.5) is 0 Å². The van der Waals surface area contributed by atoms with E-state index in [1.807, 2.05) is 0 Å². The average Bonchev–Trinajstić information content (AvgIpc) is 0.696. The minimum atomic E-state index is -2.99. The van der Waals surface area contributed by atoms with Gasteiger partial charge in [0.15, 0.2) is 0 Å². The molecule has 0 spiro atoms. The Morgan fingerprint density at radius 2 is 0.0652 bits per heavy atom. The SMILES string of the molecule is [B]B([B])B(B([B])[B])B(B([B])[B])B(B(B(B([B])[B])B([B])[B])B(B([B])[B])B([B])[B])B(B(B(B([B])[B])B([B])[B])B(B([B])[B])B([B])[B])B(B(B(B(B([B])[B])B([B])[B])B(B([B])[B])B([B])[B])B(B(B([B])[B])B([B])[B])B(B([B])[B])B([B])[B])B(B(B(B(B([B])[B])B([B])[B])B(B([B])[B])B([B])[B])B(B(B([B])[B])B([B])[B])B(B([B])[B])B([B])[B])B(B(B(B([B])[B])B([B])[B])B(B([B])[B])B([B])[B])B(B(B([B])[B])B([B])[B])B(B([B])[B])B([B])[B]. The molecule has 0 rings (SSSR count). The highest BCUT2D eigenvalue weighted by Crippen LogP contribution is 2.34. The highest BCUT2D eigenvalue weighted by atomic mass is 13.5. The first kappa shape index (κ1) is 147. The van der Waals surface area contributed by atoms with Crippen LogP contribution in [0, 0.1) is 0 Å². The second kappa shape index (κ2) is 67.6. The Labute approximate surface area is 965 Å². The minimum Gasteiger partial charge on any atom is 0 e. The molecule has 0 aliphatic rings. The summed E-state index contributed by atoms with van der Waals surface area (Å²) in [7, 11) is 526. The van der Waals surface area contributed by atoms with Gasteiger partial charge in [0, 0.05) is 976 Å². The Kier molecular flexibility index (Phi) is 72.0. The van der Waals surface area contributed by atoms with Crippen LogP contribution in [0.2, 0.25) is 0 Å². The third-order valence-electron chi connectivity index (χ3n) is 29.8. The summed E-state index contributed by atoms with van der Waals surface area (Å²) >= 11 is 0. The zero-order chi connectivity index (χ0) is 109. The lowest BCUT2D eigenvalue weighted by atomic mass is 8.16. The van der Waals surface area contributed by atoms with Crippen molar-refractivity contribution in [1.29, 1.82) is 0 Å². The van der Waals surface area contributed by atoms with E-state index < -0.39 is 434 Å². The predicted molar refractivity (Wildman–Crippen MR) is 794 cm³/mol. The van der Waals surface area contributed by atoms with Gasteiger partial charge in [-0.25, -0.2) is 0 Å². The molecule has 0 unspecified atom stereocenters. The smallest absolute Gasteiger partial charge is 0 e. The first-order valence-corrected chi connectivity index (χ1v) is 45.7. The van der Waals surface area contributed by atoms with Crippen LogP contribution in [0.3, 0.4) is 0 Å². The molecule has 0 N–H and O–H groups in total. The Hall–Kier alpha value is 8.96. The molecule has 0 aliphatic carbocycles. The molecule has 138 heteroatoms. The van der Waals surface area contributed by atoms with Crippen molar-refractivity contribution in [3.63, 3.8) is 0 Å². The molecule has 140 radical (unpaired) electrons. The predicted octanol–water partition coefficient (Wildman–Crippen LogP) is -52.6. The molecule has 0 aromatic heterocycles. The third-order valence-corrected chi connectivity index (χ3v) is 29.8. The first-order valence-electron chi connectivity index (χ1n) is 45.7. The molecule has 0 fully saturated rings. The van der Waals surface area contributed by atoms with Crippen LogP contribution in [0.25, 0.3) is 0 Å². The molecule has 138 heavy (non-hydrogen) atoms. The summed E-state index contributed by atoms with van der Waals surface area (Å²) in [6.45, 7) is 0. The van der Waals surface area contributed by atoms with E-state index in [-0.39, 0.29) is 0 Å². The number of hydrogen-bond donors (Lipinski definition) is 0. The van der Waals surface area contributed by atoms with Crippen LogP contribution in [-0.4, -0.2) is 976 Å². The van der Waals surface area contributed by atoms with E-state index in [1.165, 1.54) is 0 Å². The van der Waals surface area contributed by atoms with E-state index in [0.29, 0.717) is 0 Å². The van der Waals surface area contributed by atoms with Gasteiger partial charge < -0.3 is 0 Å². The van der Waals surface area contributed by atoms with E-state index >= 15 is 0 Å². The normalized spacial score (nSPS) is 9.88. The second-order valence-corrected chi connectivity index (χ2v) is 39.3. The second-order valence-electron chi connectivity index (χ2n) is 39.3. The van der Waals surface area contributed by atoms with Crippen molar-refractivity contribution in [3.8, 4) is 0 Å². The summed E-state index contributed by atoms with van der Waals surface area (Å²) in [4.78, 5) is 0. The topological polar surface area (TPSA) is 0 Å². The maximum absolute atomic E-state index is 7.83. The lowest BCUT2D eigenvalue weighted by molar-refractivity contribution is 3.10. The largest absolute Gasteiger partial charge is 0 e. The van der Waals surface area contributed by atoms with Gasteiger partial charge in [-0.1, -0.05) is 0 Å². The summed E-state index contributed by atoms with van der Waals surface area (Å²) in [5.41, 5.74) is 0. The van der Waals surface area contributed by atoms with Crippen LogP contribution in [0.1, 0.15) is 0 Å².